The Bertz CT molecular complexity index is 772. The molecule has 0 radical (unpaired) electrons. The van der Waals surface area contributed by atoms with Crippen LogP contribution in [0.3, 0.4) is 0 Å². The number of aromatic amines is 1. The predicted octanol–water partition coefficient (Wildman–Crippen LogP) is 3.23. The van der Waals surface area contributed by atoms with Crippen LogP contribution in [0.4, 0.5) is 0 Å². The van der Waals surface area contributed by atoms with Crippen molar-refractivity contribution in [2.75, 3.05) is 7.05 Å². The minimum absolute atomic E-state index is 0.0516. The molecular weight excluding hydrogens is 274 g/mol. The molecule has 0 aliphatic carbocycles. The van der Waals surface area contributed by atoms with Gasteiger partial charge >= 0.3 is 0 Å². The van der Waals surface area contributed by atoms with Gasteiger partial charge in [0.15, 0.2) is 0 Å². The number of fused-ring (bicyclic) bond motifs is 1. The average Bonchev–Trinajstić information content (AvgIpc) is 2.95. The van der Waals surface area contributed by atoms with Crippen molar-refractivity contribution in [3.63, 3.8) is 0 Å². The molecule has 0 atom stereocenters. The van der Waals surface area contributed by atoms with Crippen LogP contribution in [0, 0.1) is 0 Å². The van der Waals surface area contributed by atoms with Crippen molar-refractivity contribution in [2.24, 2.45) is 0 Å². The lowest BCUT2D eigenvalue weighted by molar-refractivity contribution is -0.125. The van der Waals surface area contributed by atoms with E-state index in [0.29, 0.717) is 6.54 Å². The maximum absolute atomic E-state index is 12.1. The first-order valence-electron chi connectivity index (χ1n) is 7.14. The normalized spacial score (nSPS) is 11.1. The summed E-state index contributed by atoms with van der Waals surface area (Å²) in [5.74, 6) is 0.731. The Morgan fingerprint density at radius 3 is 2.64 bits per heavy atom. The number of benzene rings is 2. The van der Waals surface area contributed by atoms with E-state index in [4.69, 9.17) is 0 Å². The smallest absolute Gasteiger partial charge is 0.246 e. The Kier molecular flexibility index (Phi) is 4.01. The van der Waals surface area contributed by atoms with Crippen molar-refractivity contribution in [1.82, 2.24) is 14.9 Å². The highest BCUT2D eigenvalue weighted by Crippen LogP contribution is 2.11. The lowest BCUT2D eigenvalue weighted by Gasteiger charge is -2.12. The van der Waals surface area contributed by atoms with Gasteiger partial charge in [0.25, 0.3) is 0 Å². The molecule has 3 rings (SSSR count). The number of amides is 1. The van der Waals surface area contributed by atoms with Gasteiger partial charge in [-0.05, 0) is 23.8 Å². The van der Waals surface area contributed by atoms with Crippen LogP contribution < -0.4 is 0 Å². The first-order chi connectivity index (χ1) is 10.7. The summed E-state index contributed by atoms with van der Waals surface area (Å²) in [6, 6.07) is 17.6. The maximum atomic E-state index is 12.1. The molecule has 1 aromatic heterocycles. The molecule has 110 valence electrons. The van der Waals surface area contributed by atoms with Gasteiger partial charge < -0.3 is 9.88 Å². The quantitative estimate of drug-likeness (QED) is 0.750. The average molecular weight is 291 g/mol. The maximum Gasteiger partial charge on any atom is 0.246 e. The molecule has 2 aromatic carbocycles. The number of carbonyl (C=O) groups is 1. The van der Waals surface area contributed by atoms with Crippen LogP contribution in [-0.2, 0) is 11.3 Å². The molecule has 4 heteroatoms. The fraction of sp³-hybridized carbons (Fsp3) is 0.111. The molecule has 0 aliphatic rings. The zero-order valence-corrected chi connectivity index (χ0v) is 12.4. The van der Waals surface area contributed by atoms with Gasteiger partial charge in [-0.15, -0.1) is 0 Å². The molecule has 0 fully saturated rings. The van der Waals surface area contributed by atoms with E-state index in [9.17, 15) is 4.79 Å². The topological polar surface area (TPSA) is 49.0 Å². The van der Waals surface area contributed by atoms with Crippen LogP contribution in [0.2, 0.25) is 0 Å². The number of hydrogen-bond donors (Lipinski definition) is 1. The van der Waals surface area contributed by atoms with E-state index in [2.05, 4.69) is 9.97 Å². The number of nitrogens with one attached hydrogen (secondary N) is 1. The minimum atomic E-state index is -0.0516. The van der Waals surface area contributed by atoms with Crippen molar-refractivity contribution in [3.8, 4) is 0 Å². The molecule has 0 spiro atoms. The molecule has 0 saturated heterocycles. The van der Waals surface area contributed by atoms with E-state index >= 15 is 0 Å². The molecule has 0 aliphatic heterocycles. The molecule has 4 nitrogen and oxygen atoms in total. The van der Waals surface area contributed by atoms with Gasteiger partial charge in [-0.2, -0.15) is 0 Å². The van der Waals surface area contributed by atoms with Crippen molar-refractivity contribution >= 4 is 23.0 Å². The summed E-state index contributed by atoms with van der Waals surface area (Å²) in [4.78, 5) is 21.5. The van der Waals surface area contributed by atoms with Gasteiger partial charge in [-0.25, -0.2) is 4.98 Å². The Morgan fingerprint density at radius 1 is 1.14 bits per heavy atom. The molecule has 1 N–H and O–H groups in total. The third kappa shape index (κ3) is 3.23. The van der Waals surface area contributed by atoms with E-state index in [0.717, 1.165) is 22.4 Å². The monoisotopic (exact) mass is 291 g/mol. The van der Waals surface area contributed by atoms with Gasteiger partial charge in [0.05, 0.1) is 17.6 Å². The van der Waals surface area contributed by atoms with Crippen LogP contribution in [-0.4, -0.2) is 27.8 Å². The first kappa shape index (κ1) is 14.1. The van der Waals surface area contributed by atoms with Crippen molar-refractivity contribution < 1.29 is 4.79 Å². The van der Waals surface area contributed by atoms with Crippen LogP contribution in [0.15, 0.2) is 60.7 Å². The Labute approximate surface area is 129 Å². The van der Waals surface area contributed by atoms with Crippen LogP contribution in [0.1, 0.15) is 11.4 Å². The summed E-state index contributed by atoms with van der Waals surface area (Å²) in [6.45, 7) is 0.451. The number of likely N-dealkylation sites (N-methyl/N-ethyl adjacent to an activating group) is 1. The largest absolute Gasteiger partial charge is 0.340 e. The molecule has 22 heavy (non-hydrogen) atoms. The number of nitrogens with zero attached hydrogens (tertiary/aromatic N) is 2. The standard InChI is InChI=1S/C18H17N3O/c1-21(18(22)12-11-14-7-3-2-4-8-14)13-17-19-15-9-5-6-10-16(15)20-17/h2-12H,13H2,1H3,(H,19,20)/b12-11+. The van der Waals surface area contributed by atoms with E-state index in [1.165, 1.54) is 0 Å². The highest BCUT2D eigenvalue weighted by molar-refractivity contribution is 5.91. The summed E-state index contributed by atoms with van der Waals surface area (Å²) in [6.07, 6.45) is 3.40. The van der Waals surface area contributed by atoms with E-state index in [1.807, 2.05) is 60.7 Å². The highest BCUT2D eigenvalue weighted by Gasteiger charge is 2.09. The number of H-pyrrole nitrogens is 1. The summed E-state index contributed by atoms with van der Waals surface area (Å²) in [7, 11) is 1.77. The van der Waals surface area contributed by atoms with Crippen LogP contribution >= 0.6 is 0 Å². The summed E-state index contributed by atoms with van der Waals surface area (Å²) >= 11 is 0. The Balaban J connectivity index is 1.67. The van der Waals surface area contributed by atoms with Gasteiger partial charge in [-0.1, -0.05) is 42.5 Å². The number of carbonyl (C=O) groups excluding carboxylic acids is 1. The molecule has 0 saturated carbocycles. The van der Waals surface area contributed by atoms with Crippen molar-refractivity contribution in [2.45, 2.75) is 6.54 Å². The molecule has 1 amide bonds. The van der Waals surface area contributed by atoms with Crippen molar-refractivity contribution in [1.29, 1.82) is 0 Å². The van der Waals surface area contributed by atoms with Gasteiger partial charge in [0.1, 0.15) is 5.82 Å². The zero-order chi connectivity index (χ0) is 15.4. The fourth-order valence-electron chi connectivity index (χ4n) is 2.24. The highest BCUT2D eigenvalue weighted by atomic mass is 16.2. The molecule has 1 heterocycles. The fourth-order valence-corrected chi connectivity index (χ4v) is 2.24. The van der Waals surface area contributed by atoms with Gasteiger partial charge in [0, 0.05) is 13.1 Å². The lowest BCUT2D eigenvalue weighted by Crippen LogP contribution is -2.24. The SMILES string of the molecule is CN(Cc1nc2ccccc2[nH]1)C(=O)/C=C/c1ccccc1. The number of para-hydroxylation sites is 2. The van der Waals surface area contributed by atoms with Crippen LogP contribution in [0.25, 0.3) is 17.1 Å². The Hall–Kier alpha value is -2.88. The third-order valence-electron chi connectivity index (χ3n) is 3.42. The second-order valence-electron chi connectivity index (χ2n) is 5.14. The second-order valence-corrected chi connectivity index (χ2v) is 5.14. The number of imidazole rings is 1. The summed E-state index contributed by atoms with van der Waals surface area (Å²) in [5, 5.41) is 0. The predicted molar refractivity (Wildman–Crippen MR) is 88.0 cm³/mol. The number of hydrogen-bond acceptors (Lipinski definition) is 2. The third-order valence-corrected chi connectivity index (χ3v) is 3.42. The molecule has 0 unspecified atom stereocenters. The Morgan fingerprint density at radius 2 is 1.86 bits per heavy atom. The first-order valence-corrected chi connectivity index (χ1v) is 7.14. The lowest BCUT2D eigenvalue weighted by atomic mass is 10.2. The van der Waals surface area contributed by atoms with Gasteiger partial charge in [-0.3, -0.25) is 4.79 Å². The molecular formula is C18H17N3O. The number of rotatable bonds is 4. The minimum Gasteiger partial charge on any atom is -0.340 e. The van der Waals surface area contributed by atoms with Crippen LogP contribution in [0.5, 0.6) is 0 Å². The summed E-state index contributed by atoms with van der Waals surface area (Å²) < 4.78 is 0. The zero-order valence-electron chi connectivity index (χ0n) is 12.4. The van der Waals surface area contributed by atoms with Crippen molar-refractivity contribution in [3.05, 3.63) is 72.1 Å². The number of aromatic nitrogens is 2. The van der Waals surface area contributed by atoms with E-state index < -0.39 is 0 Å². The van der Waals surface area contributed by atoms with E-state index in [-0.39, 0.29) is 5.91 Å². The second kappa shape index (κ2) is 6.26. The summed E-state index contributed by atoms with van der Waals surface area (Å²) in [5.41, 5.74) is 2.91. The van der Waals surface area contributed by atoms with Gasteiger partial charge in [0.2, 0.25) is 5.91 Å². The molecule has 0 bridgehead atoms. The molecule has 3 aromatic rings. The van der Waals surface area contributed by atoms with E-state index in [1.54, 1.807) is 18.0 Å².